The van der Waals surface area contributed by atoms with Crippen LogP contribution in [0.25, 0.3) is 0 Å². The van der Waals surface area contributed by atoms with Crippen LogP contribution < -0.4 is 24.8 Å². The van der Waals surface area contributed by atoms with Gasteiger partial charge in [0, 0.05) is 4.75 Å². The molecule has 2 rings (SSSR count). The Labute approximate surface area is 168 Å². The molecule has 2 aliphatic rings. The van der Waals surface area contributed by atoms with Crippen LogP contribution in [0.5, 0.6) is 0 Å². The maximum absolute atomic E-state index is 3.50. The minimum Gasteiger partial charge on any atom is -1.00 e. The van der Waals surface area contributed by atoms with Crippen LogP contribution in [0.4, 0.5) is 0 Å². The summed E-state index contributed by atoms with van der Waals surface area (Å²) in [5.41, 5.74) is 4.37. The third kappa shape index (κ3) is 6.61. The van der Waals surface area contributed by atoms with Gasteiger partial charge in [-0.2, -0.15) is 17.8 Å². The van der Waals surface area contributed by atoms with Crippen LogP contribution >= 0.6 is 11.8 Å². The number of thioether (sulfide) groups is 1. The van der Waals surface area contributed by atoms with Crippen LogP contribution in [0.2, 0.25) is 0 Å². The van der Waals surface area contributed by atoms with Crippen LogP contribution in [-0.2, 0) is 21.7 Å². The van der Waals surface area contributed by atoms with Gasteiger partial charge in [0.05, 0.1) is 0 Å². The molecular weight excluding hydrogens is 367 g/mol. The van der Waals surface area contributed by atoms with Crippen LogP contribution in [0.15, 0.2) is 41.0 Å². The van der Waals surface area contributed by atoms with Crippen molar-refractivity contribution < 1.29 is 46.5 Å². The number of allylic oxidation sites excluding steroid dienone is 7. The zero-order valence-corrected chi connectivity index (χ0v) is 17.6. The van der Waals surface area contributed by atoms with Gasteiger partial charge in [-0.15, -0.1) is 6.42 Å². The van der Waals surface area contributed by atoms with Gasteiger partial charge in [-0.1, -0.05) is 36.6 Å². The third-order valence-electron chi connectivity index (χ3n) is 4.03. The minimum atomic E-state index is 0. The van der Waals surface area contributed by atoms with Crippen LogP contribution in [0, 0.1) is 6.08 Å². The maximum atomic E-state index is 3.50. The molecule has 0 aromatic carbocycles. The first-order chi connectivity index (χ1) is 9.16. The van der Waals surface area contributed by atoms with E-state index in [-0.39, 0.29) is 51.3 Å². The van der Waals surface area contributed by atoms with Crippen molar-refractivity contribution in [2.24, 2.45) is 0 Å². The van der Waals surface area contributed by atoms with Gasteiger partial charge in [-0.3, -0.25) is 6.08 Å². The molecule has 0 saturated heterocycles. The summed E-state index contributed by atoms with van der Waals surface area (Å²) in [4.78, 5) is 0. The van der Waals surface area contributed by atoms with Crippen LogP contribution in [0.1, 0.15) is 52.9 Å². The number of hydrogen-bond donors (Lipinski definition) is 0. The first-order valence-corrected chi connectivity index (χ1v) is 8.40. The molecular formula is C18H25Cl2STi. The summed E-state index contributed by atoms with van der Waals surface area (Å²) in [6.07, 6.45) is 18.7. The van der Waals surface area contributed by atoms with E-state index in [1.54, 1.807) is 5.57 Å². The number of rotatable bonds is 6. The number of halogens is 2. The number of unbranched alkanes of at least 4 members (excludes halogenated alkanes) is 1. The second kappa shape index (κ2) is 12.0. The van der Waals surface area contributed by atoms with Crippen molar-refractivity contribution in [3.05, 3.63) is 47.1 Å². The van der Waals surface area contributed by atoms with Crippen molar-refractivity contribution in [3.63, 3.8) is 0 Å². The first-order valence-electron chi connectivity index (χ1n) is 7.42. The molecule has 1 radical (unpaired) electrons. The summed E-state index contributed by atoms with van der Waals surface area (Å²) in [5.74, 6) is 1.27. The molecule has 0 N–H and O–H groups in total. The average molecular weight is 392 g/mol. The molecule has 0 heterocycles. The monoisotopic (exact) mass is 391 g/mol. The van der Waals surface area contributed by atoms with E-state index < -0.39 is 0 Å². The molecule has 0 aromatic rings. The summed E-state index contributed by atoms with van der Waals surface area (Å²) >= 11 is 2.16. The average Bonchev–Trinajstić information content (AvgIpc) is 2.87. The van der Waals surface area contributed by atoms with Crippen molar-refractivity contribution in [1.82, 2.24) is 0 Å². The summed E-state index contributed by atoms with van der Waals surface area (Å²) in [6.45, 7) is 6.80. The van der Waals surface area contributed by atoms with E-state index in [0.29, 0.717) is 0 Å². The zero-order valence-electron chi connectivity index (χ0n) is 13.7. The molecule has 22 heavy (non-hydrogen) atoms. The Morgan fingerprint density at radius 1 is 1.27 bits per heavy atom. The van der Waals surface area contributed by atoms with Gasteiger partial charge in [0.1, 0.15) is 0 Å². The van der Waals surface area contributed by atoms with E-state index in [4.69, 9.17) is 0 Å². The molecule has 0 spiro atoms. The molecule has 0 bridgehead atoms. The second-order valence-corrected chi connectivity index (χ2v) is 7.14. The molecule has 0 fully saturated rings. The van der Waals surface area contributed by atoms with Crippen molar-refractivity contribution in [1.29, 1.82) is 0 Å². The molecule has 1 unspecified atom stereocenters. The Kier molecular flexibility index (Phi) is 13.6. The first kappa shape index (κ1) is 24.9. The van der Waals surface area contributed by atoms with Crippen molar-refractivity contribution in [2.45, 2.75) is 57.6 Å². The van der Waals surface area contributed by atoms with Gasteiger partial charge in [0.25, 0.3) is 0 Å². The van der Waals surface area contributed by atoms with Crippen molar-refractivity contribution >= 4 is 11.8 Å². The summed E-state index contributed by atoms with van der Waals surface area (Å²) in [5, 5.41) is 0. The molecule has 1 atom stereocenters. The van der Waals surface area contributed by atoms with Gasteiger partial charge < -0.3 is 24.8 Å². The standard InChI is InChI=1S/C18H25S.2ClH.Ti/c1-4-5-12-19-18(14-17-8-6-7-9-17)11-10-15(2)13-16(18)3;;;/h6,8,10,13H,4-5,7,11-12,14H2,1-3H3;2*1H;/q-1;;;+3/p-2. The Morgan fingerprint density at radius 2 is 2.00 bits per heavy atom. The smallest absolute Gasteiger partial charge is 1.00 e. The molecule has 0 saturated carbocycles. The fraction of sp³-hybridized carbons (Fsp3) is 0.556. The second-order valence-electron chi connectivity index (χ2n) is 5.66. The minimum absolute atomic E-state index is 0. The third-order valence-corrected chi connectivity index (χ3v) is 5.71. The molecule has 0 nitrogen and oxygen atoms in total. The zero-order chi connectivity index (χ0) is 13.7. The topological polar surface area (TPSA) is 0 Å². The maximum Gasteiger partial charge on any atom is 3.00 e. The molecule has 121 valence electrons. The fourth-order valence-electron chi connectivity index (χ4n) is 2.75. The van der Waals surface area contributed by atoms with Gasteiger partial charge in [-0.05, 0) is 38.9 Å². The predicted octanol–water partition coefficient (Wildman–Crippen LogP) is -0.360. The SMILES string of the molecule is CCCCSC1(CC2=[C-]CC=C2)CC=C(C)C=C1C.[Cl-].[Cl-].[Ti+3]. The summed E-state index contributed by atoms with van der Waals surface area (Å²) < 4.78 is 0.283. The van der Waals surface area contributed by atoms with Gasteiger partial charge >= 0.3 is 21.7 Å². The largest absolute Gasteiger partial charge is 3.00 e. The Hall–Kier alpha value is 0.604. The fourth-order valence-corrected chi connectivity index (χ4v) is 4.31. The predicted molar refractivity (Wildman–Crippen MR) is 87.4 cm³/mol. The normalized spacial score (nSPS) is 22.6. The molecule has 0 aromatic heterocycles. The van der Waals surface area contributed by atoms with Crippen LogP contribution in [0.3, 0.4) is 0 Å². The van der Waals surface area contributed by atoms with E-state index in [1.165, 1.54) is 36.2 Å². The molecule has 4 heteroatoms. The molecule has 0 amide bonds. The van der Waals surface area contributed by atoms with E-state index in [1.807, 2.05) is 0 Å². The van der Waals surface area contributed by atoms with E-state index in [9.17, 15) is 0 Å². The van der Waals surface area contributed by atoms with E-state index in [0.717, 1.165) is 12.8 Å². The summed E-state index contributed by atoms with van der Waals surface area (Å²) in [6, 6.07) is 0. The van der Waals surface area contributed by atoms with Gasteiger partial charge in [0.15, 0.2) is 0 Å². The Bertz CT molecular complexity index is 452. The summed E-state index contributed by atoms with van der Waals surface area (Å²) in [7, 11) is 0. The van der Waals surface area contributed by atoms with E-state index >= 15 is 0 Å². The number of hydrogen-bond acceptors (Lipinski definition) is 1. The van der Waals surface area contributed by atoms with Gasteiger partial charge in [-0.25, -0.2) is 11.6 Å². The molecule has 2 aliphatic carbocycles. The van der Waals surface area contributed by atoms with Crippen molar-refractivity contribution in [3.8, 4) is 0 Å². The van der Waals surface area contributed by atoms with Crippen LogP contribution in [-0.4, -0.2) is 10.5 Å². The Balaban J connectivity index is 0. The molecule has 0 aliphatic heterocycles. The van der Waals surface area contributed by atoms with Crippen molar-refractivity contribution in [2.75, 3.05) is 5.75 Å². The van der Waals surface area contributed by atoms with Gasteiger partial charge in [0.2, 0.25) is 0 Å². The quantitative estimate of drug-likeness (QED) is 0.338. The Morgan fingerprint density at radius 3 is 2.55 bits per heavy atom. The van der Waals surface area contributed by atoms with E-state index in [2.05, 4.69) is 62.9 Å².